The fourth-order valence-corrected chi connectivity index (χ4v) is 2.78. The van der Waals surface area contributed by atoms with E-state index >= 15 is 0 Å². The van der Waals surface area contributed by atoms with E-state index < -0.39 is 0 Å². The van der Waals surface area contributed by atoms with Crippen molar-refractivity contribution in [3.63, 3.8) is 0 Å². The molecule has 0 aliphatic carbocycles. The highest BCUT2D eigenvalue weighted by molar-refractivity contribution is 9.10. The summed E-state index contributed by atoms with van der Waals surface area (Å²) in [7, 11) is 0. The van der Waals surface area contributed by atoms with Crippen molar-refractivity contribution in [2.75, 3.05) is 6.54 Å². The van der Waals surface area contributed by atoms with Crippen LogP contribution in [0.15, 0.2) is 76.0 Å². The molecule has 0 radical (unpaired) electrons. The van der Waals surface area contributed by atoms with E-state index in [-0.39, 0.29) is 18.0 Å². The normalized spacial score (nSPS) is 10.5. The Balaban J connectivity index is 1.63. The first kappa shape index (κ1) is 18.1. The van der Waals surface area contributed by atoms with E-state index in [0.717, 1.165) is 22.0 Å². The molecule has 1 heterocycles. The van der Waals surface area contributed by atoms with Crippen molar-refractivity contribution in [1.82, 2.24) is 15.1 Å². The van der Waals surface area contributed by atoms with Crippen LogP contribution in [-0.2, 0) is 17.8 Å². The maximum absolute atomic E-state index is 12.1. The smallest absolute Gasteiger partial charge is 0.267 e. The minimum Gasteiger partial charge on any atom is -0.354 e. The van der Waals surface area contributed by atoms with E-state index in [0.29, 0.717) is 12.2 Å². The van der Waals surface area contributed by atoms with Crippen LogP contribution in [-0.4, -0.2) is 22.2 Å². The molecule has 0 aliphatic rings. The SMILES string of the molecule is O=C(Cn1nc(-c2ccc(Br)cc2)ccc1=O)NCCc1ccccc1. The zero-order valence-corrected chi connectivity index (χ0v) is 15.6. The second-order valence-electron chi connectivity index (χ2n) is 5.81. The van der Waals surface area contributed by atoms with Crippen molar-refractivity contribution in [2.24, 2.45) is 0 Å². The molecule has 0 saturated heterocycles. The van der Waals surface area contributed by atoms with Crippen molar-refractivity contribution in [2.45, 2.75) is 13.0 Å². The summed E-state index contributed by atoms with van der Waals surface area (Å²) in [5.41, 5.74) is 2.38. The summed E-state index contributed by atoms with van der Waals surface area (Å²) in [6.07, 6.45) is 0.744. The topological polar surface area (TPSA) is 64.0 Å². The minimum absolute atomic E-state index is 0.0992. The first-order chi connectivity index (χ1) is 12.6. The zero-order chi connectivity index (χ0) is 18.4. The number of hydrogen-bond donors (Lipinski definition) is 1. The molecule has 0 saturated carbocycles. The molecule has 6 heteroatoms. The molecule has 3 rings (SSSR count). The number of rotatable bonds is 6. The lowest BCUT2D eigenvalue weighted by molar-refractivity contribution is -0.121. The lowest BCUT2D eigenvalue weighted by atomic mass is 10.1. The third kappa shape index (κ3) is 4.89. The van der Waals surface area contributed by atoms with Gasteiger partial charge in [0.25, 0.3) is 5.56 Å². The van der Waals surface area contributed by atoms with Gasteiger partial charge in [0.15, 0.2) is 0 Å². The largest absolute Gasteiger partial charge is 0.354 e. The lowest BCUT2D eigenvalue weighted by Crippen LogP contribution is -2.34. The van der Waals surface area contributed by atoms with E-state index in [4.69, 9.17) is 0 Å². The molecule has 1 aromatic heterocycles. The van der Waals surface area contributed by atoms with Gasteiger partial charge in [-0.1, -0.05) is 58.4 Å². The number of carbonyl (C=O) groups excluding carboxylic acids is 1. The summed E-state index contributed by atoms with van der Waals surface area (Å²) < 4.78 is 2.15. The fourth-order valence-electron chi connectivity index (χ4n) is 2.52. The highest BCUT2D eigenvalue weighted by Gasteiger charge is 2.08. The molecular formula is C20H18BrN3O2. The van der Waals surface area contributed by atoms with Crippen LogP contribution in [0.5, 0.6) is 0 Å². The second-order valence-corrected chi connectivity index (χ2v) is 6.72. The maximum atomic E-state index is 12.1. The molecule has 0 bridgehead atoms. The fraction of sp³-hybridized carbons (Fsp3) is 0.150. The number of nitrogens with zero attached hydrogens (tertiary/aromatic N) is 2. The standard InChI is InChI=1S/C20H18BrN3O2/c21-17-8-6-16(7-9-17)18-10-11-20(26)24(23-18)14-19(25)22-13-12-15-4-2-1-3-5-15/h1-11H,12-14H2,(H,22,25). The first-order valence-corrected chi connectivity index (χ1v) is 9.06. The van der Waals surface area contributed by atoms with Crippen LogP contribution in [0.25, 0.3) is 11.3 Å². The van der Waals surface area contributed by atoms with Gasteiger partial charge in [-0.25, -0.2) is 4.68 Å². The molecule has 0 unspecified atom stereocenters. The maximum Gasteiger partial charge on any atom is 0.267 e. The van der Waals surface area contributed by atoms with E-state index in [1.807, 2.05) is 54.6 Å². The number of nitrogens with one attached hydrogen (secondary N) is 1. The van der Waals surface area contributed by atoms with E-state index in [1.165, 1.54) is 10.7 Å². The van der Waals surface area contributed by atoms with E-state index in [1.54, 1.807) is 6.07 Å². The van der Waals surface area contributed by atoms with Gasteiger partial charge in [0.1, 0.15) is 6.54 Å². The number of aromatic nitrogens is 2. The average molecular weight is 412 g/mol. The quantitative estimate of drug-likeness (QED) is 0.677. The molecule has 26 heavy (non-hydrogen) atoms. The van der Waals surface area contributed by atoms with Gasteiger partial charge in [0.2, 0.25) is 5.91 Å². The minimum atomic E-state index is -0.302. The molecule has 1 amide bonds. The van der Waals surface area contributed by atoms with Gasteiger partial charge in [-0.3, -0.25) is 9.59 Å². The Morgan fingerprint density at radius 2 is 1.73 bits per heavy atom. The Hall–Kier alpha value is -2.73. The number of hydrogen-bond acceptors (Lipinski definition) is 3. The van der Waals surface area contributed by atoms with Crippen LogP contribution in [0.4, 0.5) is 0 Å². The third-order valence-electron chi connectivity index (χ3n) is 3.88. The molecular weight excluding hydrogens is 394 g/mol. The summed E-state index contributed by atoms with van der Waals surface area (Å²) in [6.45, 7) is 0.419. The van der Waals surface area contributed by atoms with Crippen molar-refractivity contribution < 1.29 is 4.79 Å². The van der Waals surface area contributed by atoms with Gasteiger partial charge in [0.05, 0.1) is 5.69 Å². The second kappa shape index (κ2) is 8.58. The molecule has 0 spiro atoms. The number of halogens is 1. The summed E-state index contributed by atoms with van der Waals surface area (Å²) >= 11 is 3.39. The van der Waals surface area contributed by atoms with Gasteiger partial charge in [-0.2, -0.15) is 5.10 Å². The van der Waals surface area contributed by atoms with Crippen LogP contribution in [0.3, 0.4) is 0 Å². The predicted octanol–water partition coefficient (Wildman–Crippen LogP) is 3.03. The Bertz CT molecular complexity index is 937. The predicted molar refractivity (Wildman–Crippen MR) is 105 cm³/mol. The zero-order valence-electron chi connectivity index (χ0n) is 14.1. The lowest BCUT2D eigenvalue weighted by Gasteiger charge is -2.08. The summed E-state index contributed by atoms with van der Waals surface area (Å²) in [6, 6.07) is 20.6. The number of amides is 1. The summed E-state index contributed by atoms with van der Waals surface area (Å²) in [4.78, 5) is 24.1. The Morgan fingerprint density at radius 3 is 2.46 bits per heavy atom. The molecule has 0 aliphatic heterocycles. The monoisotopic (exact) mass is 411 g/mol. The highest BCUT2D eigenvalue weighted by atomic mass is 79.9. The molecule has 3 aromatic rings. The van der Waals surface area contributed by atoms with Gasteiger partial charge >= 0.3 is 0 Å². The van der Waals surface area contributed by atoms with Gasteiger partial charge < -0.3 is 5.32 Å². The molecule has 0 atom stereocenters. The van der Waals surface area contributed by atoms with Crippen molar-refractivity contribution in [1.29, 1.82) is 0 Å². The first-order valence-electron chi connectivity index (χ1n) is 8.26. The Kier molecular flexibility index (Phi) is 5.96. The number of benzene rings is 2. The average Bonchev–Trinajstić information content (AvgIpc) is 2.65. The van der Waals surface area contributed by atoms with Crippen molar-refractivity contribution in [3.05, 3.63) is 87.1 Å². The molecule has 2 aromatic carbocycles. The van der Waals surface area contributed by atoms with E-state index in [2.05, 4.69) is 26.3 Å². The van der Waals surface area contributed by atoms with Crippen molar-refractivity contribution >= 4 is 21.8 Å². The highest BCUT2D eigenvalue weighted by Crippen LogP contribution is 2.18. The van der Waals surface area contributed by atoms with Crippen molar-refractivity contribution in [3.8, 4) is 11.3 Å². The van der Waals surface area contributed by atoms with Gasteiger partial charge in [-0.15, -0.1) is 0 Å². The summed E-state index contributed by atoms with van der Waals surface area (Å²) in [5, 5.41) is 7.14. The van der Waals surface area contributed by atoms with Crippen LogP contribution in [0.1, 0.15) is 5.56 Å². The number of carbonyl (C=O) groups is 1. The Morgan fingerprint density at radius 1 is 1.00 bits per heavy atom. The molecule has 1 N–H and O–H groups in total. The summed E-state index contributed by atoms with van der Waals surface area (Å²) in [5.74, 6) is -0.233. The molecule has 132 valence electrons. The van der Waals surface area contributed by atoms with Crippen LogP contribution in [0, 0.1) is 0 Å². The van der Waals surface area contributed by atoms with E-state index in [9.17, 15) is 9.59 Å². The van der Waals surface area contributed by atoms with Gasteiger partial charge in [-0.05, 0) is 30.2 Å². The molecule has 5 nitrogen and oxygen atoms in total. The van der Waals surface area contributed by atoms with Crippen LogP contribution in [0.2, 0.25) is 0 Å². The molecule has 0 fully saturated rings. The Labute approximate surface area is 159 Å². The van der Waals surface area contributed by atoms with Crippen LogP contribution < -0.4 is 10.9 Å². The van der Waals surface area contributed by atoms with Gasteiger partial charge in [0, 0.05) is 22.6 Å². The van der Waals surface area contributed by atoms with Crippen LogP contribution >= 0.6 is 15.9 Å². The third-order valence-corrected chi connectivity index (χ3v) is 4.41.